The van der Waals surface area contributed by atoms with Crippen LogP contribution in [0.3, 0.4) is 0 Å². The molecule has 0 saturated carbocycles. The van der Waals surface area contributed by atoms with E-state index in [-0.39, 0.29) is 17.6 Å². The lowest BCUT2D eigenvalue weighted by Crippen LogP contribution is -2.36. The maximum atomic E-state index is 13.0. The zero-order valence-electron chi connectivity index (χ0n) is 19.5. The average molecular weight is 448 g/mol. The SMILES string of the molecule is COCCCC1Cc2cc(N3CCCc4cc(C(=O)N5CCCCC5)cnc43)ccc2C1=O. The first-order valence-corrected chi connectivity index (χ1v) is 12.4. The van der Waals surface area contributed by atoms with Gasteiger partial charge in [-0.3, -0.25) is 9.59 Å². The second kappa shape index (κ2) is 9.64. The minimum atomic E-state index is 0.0699. The van der Waals surface area contributed by atoms with E-state index in [1.807, 2.05) is 17.0 Å². The highest BCUT2D eigenvalue weighted by atomic mass is 16.5. The molecular weight excluding hydrogens is 414 g/mol. The van der Waals surface area contributed by atoms with E-state index in [1.165, 1.54) is 6.42 Å². The number of aryl methyl sites for hydroxylation is 1. The van der Waals surface area contributed by atoms with Gasteiger partial charge < -0.3 is 14.5 Å². The Bertz CT molecular complexity index is 1040. The van der Waals surface area contributed by atoms with Crippen molar-refractivity contribution < 1.29 is 14.3 Å². The number of likely N-dealkylation sites (tertiary alicyclic amines) is 1. The minimum Gasteiger partial charge on any atom is -0.385 e. The monoisotopic (exact) mass is 447 g/mol. The van der Waals surface area contributed by atoms with Crippen molar-refractivity contribution >= 4 is 23.2 Å². The molecule has 1 aromatic carbocycles. The molecular formula is C27H33N3O3. The number of methoxy groups -OCH3 is 1. The normalized spacial score (nSPS) is 20.0. The number of rotatable bonds is 6. The van der Waals surface area contributed by atoms with E-state index in [2.05, 4.69) is 17.0 Å². The van der Waals surface area contributed by atoms with Gasteiger partial charge in [0.05, 0.1) is 5.56 Å². The van der Waals surface area contributed by atoms with E-state index < -0.39 is 0 Å². The van der Waals surface area contributed by atoms with Gasteiger partial charge in [-0.05, 0) is 86.8 Å². The van der Waals surface area contributed by atoms with Crippen LogP contribution in [0.15, 0.2) is 30.5 Å². The molecule has 5 rings (SSSR count). The number of hydrogen-bond acceptors (Lipinski definition) is 5. The van der Waals surface area contributed by atoms with Gasteiger partial charge in [-0.1, -0.05) is 0 Å². The van der Waals surface area contributed by atoms with Crippen LogP contribution in [-0.2, 0) is 17.6 Å². The molecule has 3 heterocycles. The Hall–Kier alpha value is -2.73. The van der Waals surface area contributed by atoms with Crippen molar-refractivity contribution in [1.29, 1.82) is 0 Å². The molecule has 1 unspecified atom stereocenters. The number of fused-ring (bicyclic) bond motifs is 2. The van der Waals surface area contributed by atoms with Crippen molar-refractivity contribution in [2.24, 2.45) is 5.92 Å². The highest BCUT2D eigenvalue weighted by molar-refractivity contribution is 6.02. The molecule has 6 nitrogen and oxygen atoms in total. The molecule has 1 amide bonds. The van der Waals surface area contributed by atoms with Gasteiger partial charge in [-0.25, -0.2) is 4.98 Å². The van der Waals surface area contributed by atoms with Gasteiger partial charge in [0.15, 0.2) is 5.78 Å². The Kier molecular flexibility index (Phi) is 6.45. The predicted octanol–water partition coefficient (Wildman–Crippen LogP) is 4.57. The van der Waals surface area contributed by atoms with Gasteiger partial charge >= 0.3 is 0 Å². The van der Waals surface area contributed by atoms with Crippen LogP contribution in [0.5, 0.6) is 0 Å². The number of pyridine rings is 1. The molecule has 0 radical (unpaired) electrons. The fourth-order valence-electron chi connectivity index (χ4n) is 5.55. The Morgan fingerprint density at radius 3 is 2.76 bits per heavy atom. The van der Waals surface area contributed by atoms with Gasteiger partial charge in [0, 0.05) is 56.7 Å². The van der Waals surface area contributed by atoms with Crippen LogP contribution in [0.2, 0.25) is 0 Å². The summed E-state index contributed by atoms with van der Waals surface area (Å²) in [7, 11) is 1.70. The fraction of sp³-hybridized carbons (Fsp3) is 0.519. The first kappa shape index (κ1) is 22.1. The molecule has 3 aliphatic rings. The standard InChI is InChI=1S/C27H33N3O3/c1-33-14-6-8-19-15-21-17-23(9-10-24(21)25(19)31)30-13-5-7-20-16-22(18-28-26(20)30)27(32)29-11-3-2-4-12-29/h9-10,16-19H,2-8,11-15H2,1H3. The number of ether oxygens (including phenoxy) is 1. The Labute approximate surface area is 195 Å². The van der Waals surface area contributed by atoms with Gasteiger partial charge in [-0.15, -0.1) is 0 Å². The predicted molar refractivity (Wildman–Crippen MR) is 128 cm³/mol. The van der Waals surface area contributed by atoms with E-state index >= 15 is 0 Å². The molecule has 0 bridgehead atoms. The van der Waals surface area contributed by atoms with Gasteiger partial charge in [-0.2, -0.15) is 0 Å². The first-order chi connectivity index (χ1) is 16.2. The summed E-state index contributed by atoms with van der Waals surface area (Å²) < 4.78 is 5.15. The van der Waals surface area contributed by atoms with Crippen molar-refractivity contribution in [2.45, 2.75) is 51.4 Å². The van der Waals surface area contributed by atoms with Crippen LogP contribution < -0.4 is 4.90 Å². The van der Waals surface area contributed by atoms with E-state index in [1.54, 1.807) is 13.3 Å². The summed E-state index contributed by atoms with van der Waals surface area (Å²) in [6, 6.07) is 8.27. The van der Waals surface area contributed by atoms with Crippen LogP contribution in [0.25, 0.3) is 0 Å². The number of carbonyl (C=O) groups excluding carboxylic acids is 2. The number of piperidine rings is 1. The zero-order chi connectivity index (χ0) is 22.8. The first-order valence-electron chi connectivity index (χ1n) is 12.4. The van der Waals surface area contributed by atoms with Crippen LogP contribution >= 0.6 is 0 Å². The average Bonchev–Trinajstić information content (AvgIpc) is 3.18. The maximum Gasteiger partial charge on any atom is 0.255 e. The maximum absolute atomic E-state index is 13.0. The molecule has 2 aliphatic heterocycles. The Balaban J connectivity index is 1.35. The summed E-state index contributed by atoms with van der Waals surface area (Å²) in [6.07, 6.45) is 9.68. The highest BCUT2D eigenvalue weighted by Gasteiger charge is 2.31. The number of benzene rings is 1. The number of anilines is 2. The van der Waals surface area contributed by atoms with Gasteiger partial charge in [0.25, 0.3) is 5.91 Å². The molecule has 6 heteroatoms. The number of nitrogens with zero attached hydrogens (tertiary/aromatic N) is 3. The van der Waals surface area contributed by atoms with Crippen molar-refractivity contribution in [2.75, 3.05) is 38.3 Å². The van der Waals surface area contributed by atoms with E-state index in [0.717, 1.165) is 92.8 Å². The van der Waals surface area contributed by atoms with Crippen LogP contribution in [-0.4, -0.2) is 54.9 Å². The molecule has 1 atom stereocenters. The molecule has 174 valence electrons. The summed E-state index contributed by atoms with van der Waals surface area (Å²) >= 11 is 0. The lowest BCUT2D eigenvalue weighted by atomic mass is 9.99. The minimum absolute atomic E-state index is 0.0699. The molecule has 1 aliphatic carbocycles. The lowest BCUT2D eigenvalue weighted by molar-refractivity contribution is 0.0723. The van der Waals surface area contributed by atoms with Gasteiger partial charge in [0.2, 0.25) is 0 Å². The molecule has 0 spiro atoms. The number of ketones is 1. The Morgan fingerprint density at radius 1 is 1.09 bits per heavy atom. The van der Waals surface area contributed by atoms with Crippen molar-refractivity contribution in [3.05, 3.63) is 52.7 Å². The molecule has 0 N–H and O–H groups in total. The summed E-state index contributed by atoms with van der Waals surface area (Å²) in [6.45, 7) is 3.29. The third-order valence-corrected chi connectivity index (χ3v) is 7.32. The van der Waals surface area contributed by atoms with Gasteiger partial charge in [0.1, 0.15) is 5.82 Å². The Morgan fingerprint density at radius 2 is 1.94 bits per heavy atom. The van der Waals surface area contributed by atoms with E-state index in [9.17, 15) is 9.59 Å². The summed E-state index contributed by atoms with van der Waals surface area (Å²) in [5, 5.41) is 0. The van der Waals surface area contributed by atoms with Crippen molar-refractivity contribution in [1.82, 2.24) is 9.88 Å². The topological polar surface area (TPSA) is 62.7 Å². The van der Waals surface area contributed by atoms with Crippen molar-refractivity contribution in [3.8, 4) is 0 Å². The molecule has 1 fully saturated rings. The quantitative estimate of drug-likeness (QED) is 0.607. The molecule has 1 saturated heterocycles. The van der Waals surface area contributed by atoms with Crippen LogP contribution in [0.1, 0.15) is 70.4 Å². The second-order valence-electron chi connectivity index (χ2n) is 9.56. The second-order valence-corrected chi connectivity index (χ2v) is 9.56. The number of aromatic nitrogens is 1. The molecule has 2 aromatic rings. The van der Waals surface area contributed by atoms with E-state index in [4.69, 9.17) is 9.72 Å². The number of amides is 1. The van der Waals surface area contributed by atoms with E-state index in [0.29, 0.717) is 12.2 Å². The largest absolute Gasteiger partial charge is 0.385 e. The number of Topliss-reactive ketones (excluding diaryl/α,β-unsaturated/α-hetero) is 1. The fourth-order valence-corrected chi connectivity index (χ4v) is 5.55. The lowest BCUT2D eigenvalue weighted by Gasteiger charge is -2.31. The summed E-state index contributed by atoms with van der Waals surface area (Å²) in [5.41, 5.74) is 4.94. The molecule has 1 aromatic heterocycles. The number of hydrogen-bond donors (Lipinski definition) is 0. The summed E-state index contributed by atoms with van der Waals surface area (Å²) in [4.78, 5) is 34.7. The highest BCUT2D eigenvalue weighted by Crippen LogP contribution is 2.37. The third kappa shape index (κ3) is 4.41. The third-order valence-electron chi connectivity index (χ3n) is 7.32. The summed E-state index contributed by atoms with van der Waals surface area (Å²) in [5.74, 6) is 1.39. The zero-order valence-corrected chi connectivity index (χ0v) is 19.5. The molecule has 33 heavy (non-hydrogen) atoms. The van der Waals surface area contributed by atoms with Crippen LogP contribution in [0, 0.1) is 5.92 Å². The van der Waals surface area contributed by atoms with Crippen LogP contribution in [0.4, 0.5) is 11.5 Å². The number of carbonyl (C=O) groups is 2. The van der Waals surface area contributed by atoms with Crippen molar-refractivity contribution in [3.63, 3.8) is 0 Å². The smallest absolute Gasteiger partial charge is 0.255 e.